The molecule has 0 aromatic rings. The summed E-state index contributed by atoms with van der Waals surface area (Å²) in [5.74, 6) is 0.0818. The number of nitriles is 1. The highest BCUT2D eigenvalue weighted by molar-refractivity contribution is 7.80. The van der Waals surface area contributed by atoms with Gasteiger partial charge in [0.15, 0.2) is 5.76 Å². The lowest BCUT2D eigenvalue weighted by molar-refractivity contribution is -0.123. The van der Waals surface area contributed by atoms with E-state index in [0.717, 1.165) is 32.4 Å². The summed E-state index contributed by atoms with van der Waals surface area (Å²) in [6.45, 7) is 4.78. The van der Waals surface area contributed by atoms with Crippen molar-refractivity contribution < 1.29 is 9.53 Å². The maximum atomic E-state index is 12.6. The lowest BCUT2D eigenvalue weighted by Gasteiger charge is -2.44. The van der Waals surface area contributed by atoms with Gasteiger partial charge in [0.1, 0.15) is 0 Å². The molecule has 0 radical (unpaired) electrons. The molecular weight excluding hydrogens is 346 g/mol. The lowest BCUT2D eigenvalue weighted by Crippen LogP contribution is -2.37. The molecule has 1 aliphatic carbocycles. The van der Waals surface area contributed by atoms with Crippen molar-refractivity contribution in [2.24, 2.45) is 5.41 Å². The van der Waals surface area contributed by atoms with Gasteiger partial charge in [0.05, 0.1) is 12.5 Å². The van der Waals surface area contributed by atoms with Gasteiger partial charge in [-0.15, -0.1) is 0 Å². The van der Waals surface area contributed by atoms with Crippen LogP contribution in [0.5, 0.6) is 0 Å². The number of piperidine rings is 1. The number of rotatable bonds is 3. The predicted molar refractivity (Wildman–Crippen MR) is 102 cm³/mol. The van der Waals surface area contributed by atoms with E-state index in [1.54, 1.807) is 0 Å². The Bertz CT molecular complexity index is 804. The minimum absolute atomic E-state index is 0.157. The van der Waals surface area contributed by atoms with E-state index in [-0.39, 0.29) is 29.5 Å². The summed E-state index contributed by atoms with van der Waals surface area (Å²) >= 11 is 5.18. The number of thiocarbonyl (C=S) groups is 1. The maximum Gasteiger partial charge on any atom is 0.296 e. The molecule has 5 nitrogen and oxygen atoms in total. The summed E-state index contributed by atoms with van der Waals surface area (Å²) in [5, 5.41) is 8.91. The molecule has 4 rings (SSSR count). The summed E-state index contributed by atoms with van der Waals surface area (Å²) in [6, 6.07) is 2.05. The van der Waals surface area contributed by atoms with Crippen molar-refractivity contribution in [3.05, 3.63) is 34.8 Å². The van der Waals surface area contributed by atoms with Gasteiger partial charge in [-0.1, -0.05) is 13.0 Å². The Morgan fingerprint density at radius 1 is 1.38 bits per heavy atom. The number of hydrogen-bond donors (Lipinski definition) is 0. The summed E-state index contributed by atoms with van der Waals surface area (Å²) in [7, 11) is 0. The highest BCUT2D eigenvalue weighted by Crippen LogP contribution is 2.47. The molecule has 0 N–H and O–H groups in total. The van der Waals surface area contributed by atoms with Crippen LogP contribution in [-0.2, 0) is 9.53 Å². The van der Waals surface area contributed by atoms with E-state index in [9.17, 15) is 4.79 Å². The van der Waals surface area contributed by atoms with Gasteiger partial charge >= 0.3 is 0 Å². The van der Waals surface area contributed by atoms with Crippen molar-refractivity contribution in [2.75, 3.05) is 19.6 Å². The molecule has 1 unspecified atom stereocenters. The average molecular weight is 369 g/mol. The molecule has 1 amide bonds. The van der Waals surface area contributed by atoms with E-state index >= 15 is 0 Å². The normalized spacial score (nSPS) is 29.5. The van der Waals surface area contributed by atoms with Crippen LogP contribution in [0.4, 0.5) is 0 Å². The molecule has 2 saturated heterocycles. The Balaban J connectivity index is 1.62. The maximum absolute atomic E-state index is 12.6. The summed E-state index contributed by atoms with van der Waals surface area (Å²) < 4.78 is 5.60. The molecule has 4 aliphatic rings. The number of carbonyl (C=O) groups excluding carboxylic acids is 1. The fourth-order valence-corrected chi connectivity index (χ4v) is 4.90. The summed E-state index contributed by atoms with van der Waals surface area (Å²) in [6.07, 6.45) is 10.1. The number of ether oxygens (including phenoxy) is 1. The Labute approximate surface area is 159 Å². The second-order valence-corrected chi connectivity index (χ2v) is 8.09. The van der Waals surface area contributed by atoms with Gasteiger partial charge in [-0.25, -0.2) is 0 Å². The summed E-state index contributed by atoms with van der Waals surface area (Å²) in [4.78, 5) is 16.6. The molecular formula is C20H23N3O2S. The van der Waals surface area contributed by atoms with Crippen LogP contribution < -0.4 is 0 Å². The number of nitrogens with zero attached hydrogens (tertiary/aromatic N) is 3. The monoisotopic (exact) mass is 369 g/mol. The third-order valence-electron chi connectivity index (χ3n) is 5.62. The van der Waals surface area contributed by atoms with Crippen LogP contribution in [0, 0.1) is 16.7 Å². The Morgan fingerprint density at radius 2 is 2.15 bits per heavy atom. The number of amides is 1. The molecule has 0 spiro atoms. The third kappa shape index (κ3) is 2.95. The first-order valence-corrected chi connectivity index (χ1v) is 9.74. The average Bonchev–Trinajstić information content (AvgIpc) is 2.86. The van der Waals surface area contributed by atoms with Crippen molar-refractivity contribution in [1.82, 2.24) is 9.80 Å². The second kappa shape index (κ2) is 6.55. The Hall–Kier alpha value is -2.13. The van der Waals surface area contributed by atoms with Gasteiger partial charge in [-0.05, 0) is 61.5 Å². The highest BCUT2D eigenvalue weighted by atomic mass is 32.1. The van der Waals surface area contributed by atoms with Gasteiger partial charge in [-0.3, -0.25) is 9.69 Å². The Morgan fingerprint density at radius 3 is 2.92 bits per heavy atom. The van der Waals surface area contributed by atoms with Crippen LogP contribution in [0.15, 0.2) is 34.8 Å². The van der Waals surface area contributed by atoms with Crippen LogP contribution in [0.3, 0.4) is 0 Å². The minimum atomic E-state index is -0.236. The number of allylic oxidation sites excluding steroid dienone is 4. The van der Waals surface area contributed by atoms with E-state index < -0.39 is 0 Å². The minimum Gasteiger partial charge on any atom is -0.426 e. The van der Waals surface area contributed by atoms with Crippen molar-refractivity contribution in [2.45, 2.75) is 45.4 Å². The van der Waals surface area contributed by atoms with E-state index in [2.05, 4.69) is 17.9 Å². The third-order valence-corrected chi connectivity index (χ3v) is 5.92. The standard InChI is InChI=1S/C20H23N3O2S/c1-20(13-16-18(24)23(10-4-7-21)19(26)25-16)11-14-5-2-8-22-9-3-6-15(12-20)17(14)22/h11,13H,2-6,8-10,12H2,1H3/b16-13+. The molecule has 26 heavy (non-hydrogen) atoms. The highest BCUT2D eigenvalue weighted by Gasteiger charge is 2.39. The van der Waals surface area contributed by atoms with Crippen LogP contribution in [-0.4, -0.2) is 40.5 Å². The van der Waals surface area contributed by atoms with E-state index in [4.69, 9.17) is 22.2 Å². The first-order valence-electron chi connectivity index (χ1n) is 9.33. The SMILES string of the molecule is CC1(/C=C2/OC(=S)N(CCC#N)C2=O)C=C2CCCN3CCCC(=C23)C1. The zero-order valence-corrected chi connectivity index (χ0v) is 15.9. The largest absolute Gasteiger partial charge is 0.426 e. The van der Waals surface area contributed by atoms with Crippen molar-refractivity contribution in [3.8, 4) is 6.07 Å². The quantitative estimate of drug-likeness (QED) is 0.564. The smallest absolute Gasteiger partial charge is 0.296 e. The fraction of sp³-hybridized carbons (Fsp3) is 0.550. The van der Waals surface area contributed by atoms with Gasteiger partial charge in [0.2, 0.25) is 0 Å². The van der Waals surface area contributed by atoms with Gasteiger partial charge < -0.3 is 9.64 Å². The topological polar surface area (TPSA) is 56.6 Å². The first kappa shape index (κ1) is 17.3. The molecule has 0 bridgehead atoms. The fourth-order valence-electron chi connectivity index (χ4n) is 4.64. The van der Waals surface area contributed by atoms with Crippen LogP contribution >= 0.6 is 12.2 Å². The molecule has 2 fully saturated rings. The zero-order valence-electron chi connectivity index (χ0n) is 15.1. The molecule has 6 heteroatoms. The molecule has 3 aliphatic heterocycles. The van der Waals surface area contributed by atoms with Gasteiger partial charge in [0.25, 0.3) is 11.1 Å². The predicted octanol–water partition coefficient (Wildman–Crippen LogP) is 3.41. The van der Waals surface area contributed by atoms with Crippen molar-refractivity contribution >= 4 is 23.3 Å². The van der Waals surface area contributed by atoms with Crippen molar-refractivity contribution in [1.29, 1.82) is 5.26 Å². The van der Waals surface area contributed by atoms with Gasteiger partial charge in [-0.2, -0.15) is 5.26 Å². The molecule has 136 valence electrons. The molecule has 0 saturated carbocycles. The molecule has 3 heterocycles. The van der Waals surface area contributed by atoms with Crippen LogP contribution in [0.2, 0.25) is 0 Å². The molecule has 1 atom stereocenters. The van der Waals surface area contributed by atoms with E-state index in [1.807, 2.05) is 12.1 Å². The van der Waals surface area contributed by atoms with E-state index in [1.165, 1.54) is 34.6 Å². The first-order chi connectivity index (χ1) is 12.5. The molecule has 0 aromatic heterocycles. The van der Waals surface area contributed by atoms with E-state index in [0.29, 0.717) is 5.76 Å². The number of hydrogen-bond acceptors (Lipinski definition) is 5. The summed E-state index contributed by atoms with van der Waals surface area (Å²) in [5.41, 5.74) is 4.18. The number of carbonyl (C=O) groups is 1. The lowest BCUT2D eigenvalue weighted by atomic mass is 9.72. The molecule has 0 aromatic carbocycles. The van der Waals surface area contributed by atoms with Crippen molar-refractivity contribution in [3.63, 3.8) is 0 Å². The van der Waals surface area contributed by atoms with Gasteiger partial charge in [0, 0.05) is 30.7 Å². The second-order valence-electron chi connectivity index (χ2n) is 7.74. The van der Waals surface area contributed by atoms with Crippen LogP contribution in [0.25, 0.3) is 0 Å². The zero-order chi connectivity index (χ0) is 18.3. The van der Waals surface area contributed by atoms with Crippen LogP contribution in [0.1, 0.15) is 45.4 Å². The Kier molecular flexibility index (Phi) is 4.36.